The molecule has 0 unspecified atom stereocenters. The molecule has 7 nitrogen and oxygen atoms in total. The first-order chi connectivity index (χ1) is 13.9. The number of nitrogens with two attached hydrogens (primary N) is 1. The van der Waals surface area contributed by atoms with Crippen LogP contribution in [-0.2, 0) is 11.2 Å². The second kappa shape index (κ2) is 8.95. The maximum Gasteiger partial charge on any atom is 0.237 e. The molecule has 0 aliphatic rings. The number of hydrogen-bond acceptors (Lipinski definition) is 6. The predicted octanol–water partition coefficient (Wildman–Crippen LogP) is 3.16. The predicted molar refractivity (Wildman–Crippen MR) is 111 cm³/mol. The third kappa shape index (κ3) is 5.05. The summed E-state index contributed by atoms with van der Waals surface area (Å²) >= 11 is 1.20. The number of benzene rings is 2. The number of nitrogens with one attached hydrogen (secondary N) is 1. The Hall–Kier alpha value is -3.07. The van der Waals surface area contributed by atoms with Crippen LogP contribution in [0.5, 0.6) is 5.75 Å². The molecule has 0 saturated heterocycles. The number of amides is 1. The van der Waals surface area contributed by atoms with Crippen molar-refractivity contribution in [1.29, 1.82) is 0 Å². The summed E-state index contributed by atoms with van der Waals surface area (Å²) in [5, 5.41) is 11.0. The minimum Gasteiger partial charge on any atom is -0.495 e. The quantitative estimate of drug-likeness (QED) is 0.455. The van der Waals surface area contributed by atoms with Gasteiger partial charge in [0.05, 0.1) is 18.0 Å². The Labute approximate surface area is 172 Å². The number of rotatable bonds is 7. The Morgan fingerprint density at radius 2 is 2.00 bits per heavy atom. The normalized spacial score (nSPS) is 11.9. The third-order valence-electron chi connectivity index (χ3n) is 4.27. The third-order valence-corrected chi connectivity index (χ3v) is 5.33. The van der Waals surface area contributed by atoms with Crippen LogP contribution in [-0.4, -0.2) is 33.1 Å². The number of ether oxygens (including phenoxy) is 1. The number of thioether (sulfide) groups is 1. The van der Waals surface area contributed by atoms with Gasteiger partial charge in [-0.05, 0) is 49.2 Å². The van der Waals surface area contributed by atoms with Gasteiger partial charge >= 0.3 is 0 Å². The van der Waals surface area contributed by atoms with Gasteiger partial charge in [0.25, 0.3) is 0 Å². The second-order valence-electron chi connectivity index (χ2n) is 6.53. The Bertz CT molecular complexity index is 1010. The summed E-state index contributed by atoms with van der Waals surface area (Å²) in [5.41, 5.74) is 2.48. The van der Waals surface area contributed by atoms with Crippen molar-refractivity contribution in [3.63, 3.8) is 0 Å². The molecule has 0 spiro atoms. The Morgan fingerprint density at radius 3 is 2.69 bits per heavy atom. The van der Waals surface area contributed by atoms with Gasteiger partial charge in [-0.3, -0.25) is 4.79 Å². The highest BCUT2D eigenvalue weighted by molar-refractivity contribution is 8.00. The Kier molecular flexibility index (Phi) is 6.38. The van der Waals surface area contributed by atoms with E-state index in [1.165, 1.54) is 28.6 Å². The minimum atomic E-state index is -0.467. The van der Waals surface area contributed by atoms with E-state index in [4.69, 9.17) is 10.6 Å². The number of hydrogen-bond donors (Lipinski definition) is 2. The van der Waals surface area contributed by atoms with E-state index in [1.54, 1.807) is 32.2 Å². The summed E-state index contributed by atoms with van der Waals surface area (Å²) in [5.74, 6) is 6.69. The number of nitrogens with zero attached hydrogens (tertiary/aromatic N) is 3. The lowest BCUT2D eigenvalue weighted by Gasteiger charge is -2.14. The lowest BCUT2D eigenvalue weighted by Crippen LogP contribution is -2.24. The molecule has 0 fully saturated rings. The van der Waals surface area contributed by atoms with Crippen molar-refractivity contribution in [3.8, 4) is 5.75 Å². The van der Waals surface area contributed by atoms with Crippen LogP contribution in [0.4, 0.5) is 10.1 Å². The number of aromatic nitrogens is 3. The SMILES string of the molecule is COc1ccc(C)cc1NC(=O)[C@@H](C)Sc1nnc(Cc2ccc(F)cc2)n1N. The van der Waals surface area contributed by atoms with Gasteiger partial charge in [0.2, 0.25) is 11.1 Å². The maximum absolute atomic E-state index is 13.0. The summed E-state index contributed by atoms with van der Waals surface area (Å²) in [7, 11) is 1.55. The van der Waals surface area contributed by atoms with Crippen molar-refractivity contribution in [2.24, 2.45) is 0 Å². The van der Waals surface area contributed by atoms with E-state index in [9.17, 15) is 9.18 Å². The second-order valence-corrected chi connectivity index (χ2v) is 7.83. The number of carbonyl (C=O) groups excluding carboxylic acids is 1. The molecule has 1 heterocycles. The van der Waals surface area contributed by atoms with E-state index in [2.05, 4.69) is 15.5 Å². The highest BCUT2D eigenvalue weighted by Gasteiger charge is 2.20. The van der Waals surface area contributed by atoms with E-state index >= 15 is 0 Å². The first-order valence-corrected chi connectivity index (χ1v) is 9.81. The molecule has 0 bridgehead atoms. The van der Waals surface area contributed by atoms with Crippen molar-refractivity contribution in [1.82, 2.24) is 14.9 Å². The molecular weight excluding hydrogens is 393 g/mol. The van der Waals surface area contributed by atoms with Crippen molar-refractivity contribution < 1.29 is 13.9 Å². The lowest BCUT2D eigenvalue weighted by atomic mass is 10.1. The van der Waals surface area contributed by atoms with Gasteiger partial charge in [0, 0.05) is 6.42 Å². The van der Waals surface area contributed by atoms with Crippen LogP contribution in [0.25, 0.3) is 0 Å². The van der Waals surface area contributed by atoms with E-state index in [0.29, 0.717) is 28.8 Å². The van der Waals surface area contributed by atoms with Crippen LogP contribution in [0.15, 0.2) is 47.6 Å². The van der Waals surface area contributed by atoms with Crippen molar-refractivity contribution in [2.45, 2.75) is 30.7 Å². The van der Waals surface area contributed by atoms with E-state index < -0.39 is 5.25 Å². The average molecular weight is 415 g/mol. The topological polar surface area (TPSA) is 95.1 Å². The molecule has 9 heteroatoms. The van der Waals surface area contributed by atoms with Gasteiger partial charge in [-0.25, -0.2) is 9.07 Å². The molecule has 0 radical (unpaired) electrons. The fourth-order valence-corrected chi connectivity index (χ4v) is 3.45. The summed E-state index contributed by atoms with van der Waals surface area (Å²) in [6.45, 7) is 3.70. The number of anilines is 1. The fourth-order valence-electron chi connectivity index (χ4n) is 2.66. The number of methoxy groups -OCH3 is 1. The first-order valence-electron chi connectivity index (χ1n) is 8.93. The molecule has 1 amide bonds. The van der Waals surface area contributed by atoms with Gasteiger partial charge in [0.1, 0.15) is 11.6 Å². The summed E-state index contributed by atoms with van der Waals surface area (Å²) in [6.07, 6.45) is 0.408. The highest BCUT2D eigenvalue weighted by Crippen LogP contribution is 2.27. The van der Waals surface area contributed by atoms with Crippen LogP contribution in [0.2, 0.25) is 0 Å². The van der Waals surface area contributed by atoms with Crippen molar-refractivity contribution in [3.05, 3.63) is 65.2 Å². The number of halogens is 1. The lowest BCUT2D eigenvalue weighted by molar-refractivity contribution is -0.115. The van der Waals surface area contributed by atoms with Crippen LogP contribution in [0, 0.1) is 12.7 Å². The smallest absolute Gasteiger partial charge is 0.237 e. The van der Waals surface area contributed by atoms with Gasteiger partial charge in [0.15, 0.2) is 5.82 Å². The summed E-state index contributed by atoms with van der Waals surface area (Å²) in [6, 6.07) is 11.7. The number of aryl methyl sites for hydroxylation is 1. The zero-order valence-electron chi connectivity index (χ0n) is 16.3. The average Bonchev–Trinajstić information content (AvgIpc) is 3.03. The standard InChI is InChI=1S/C20H22FN5O2S/c1-12-4-9-17(28-3)16(10-12)23-19(27)13(2)29-20-25-24-18(26(20)22)11-14-5-7-15(21)8-6-14/h4-10,13H,11,22H2,1-3H3,(H,23,27)/t13-/m1/s1. The summed E-state index contributed by atoms with van der Waals surface area (Å²) < 4.78 is 19.7. The Balaban J connectivity index is 1.67. The van der Waals surface area contributed by atoms with Gasteiger partial charge in [-0.15, -0.1) is 10.2 Å². The first kappa shape index (κ1) is 20.7. The zero-order chi connectivity index (χ0) is 21.0. The number of carbonyl (C=O) groups is 1. The van der Waals surface area contributed by atoms with Gasteiger partial charge in [-0.2, -0.15) is 0 Å². The monoisotopic (exact) mass is 415 g/mol. The van der Waals surface area contributed by atoms with Gasteiger partial charge < -0.3 is 15.9 Å². The zero-order valence-corrected chi connectivity index (χ0v) is 17.2. The molecule has 2 aromatic carbocycles. The molecule has 0 aliphatic heterocycles. The molecule has 0 saturated carbocycles. The molecular formula is C20H22FN5O2S. The molecule has 3 N–H and O–H groups in total. The highest BCUT2D eigenvalue weighted by atomic mass is 32.2. The van der Waals surface area contributed by atoms with E-state index in [-0.39, 0.29) is 11.7 Å². The largest absolute Gasteiger partial charge is 0.495 e. The van der Waals surface area contributed by atoms with Crippen molar-refractivity contribution in [2.75, 3.05) is 18.3 Å². The molecule has 0 aliphatic carbocycles. The van der Waals surface area contributed by atoms with E-state index in [1.807, 2.05) is 19.1 Å². The molecule has 3 rings (SSSR count). The Morgan fingerprint density at radius 1 is 1.28 bits per heavy atom. The summed E-state index contributed by atoms with van der Waals surface area (Å²) in [4.78, 5) is 12.6. The maximum atomic E-state index is 13.0. The molecule has 1 atom stereocenters. The number of nitrogen functional groups attached to an aromatic ring is 1. The molecule has 29 heavy (non-hydrogen) atoms. The van der Waals surface area contributed by atoms with Crippen LogP contribution < -0.4 is 15.9 Å². The molecule has 1 aromatic heterocycles. The molecule has 3 aromatic rings. The van der Waals surface area contributed by atoms with Crippen molar-refractivity contribution >= 4 is 23.4 Å². The van der Waals surface area contributed by atoms with Crippen LogP contribution >= 0.6 is 11.8 Å². The van der Waals surface area contributed by atoms with Crippen LogP contribution in [0.1, 0.15) is 23.9 Å². The molecule has 152 valence electrons. The van der Waals surface area contributed by atoms with Gasteiger partial charge in [-0.1, -0.05) is 30.0 Å². The van der Waals surface area contributed by atoms with Crippen LogP contribution in [0.3, 0.4) is 0 Å². The van der Waals surface area contributed by atoms with E-state index in [0.717, 1.165) is 11.1 Å². The fraction of sp³-hybridized carbons (Fsp3) is 0.250. The minimum absolute atomic E-state index is 0.206.